The van der Waals surface area contributed by atoms with E-state index in [1.165, 1.54) is 25.3 Å². The Morgan fingerprint density at radius 2 is 1.92 bits per heavy atom. The van der Waals surface area contributed by atoms with Crippen LogP contribution < -0.4 is 15.8 Å². The minimum absolute atomic E-state index is 0.0241. The Labute approximate surface area is 148 Å². The van der Waals surface area contributed by atoms with Crippen LogP contribution in [0.1, 0.15) is 21.5 Å². The molecule has 3 N–H and O–H groups in total. The third-order valence-corrected chi connectivity index (χ3v) is 3.47. The number of alkyl halides is 3. The zero-order valence-electron chi connectivity index (χ0n) is 14.1. The molecule has 0 saturated heterocycles. The average Bonchev–Trinajstić information content (AvgIpc) is 2.61. The molecule has 0 saturated carbocycles. The van der Waals surface area contributed by atoms with Crippen LogP contribution in [-0.4, -0.2) is 26.2 Å². The summed E-state index contributed by atoms with van der Waals surface area (Å²) >= 11 is 0. The van der Waals surface area contributed by atoms with Crippen LogP contribution in [0.2, 0.25) is 0 Å². The fourth-order valence-electron chi connectivity index (χ4n) is 2.22. The maximum atomic E-state index is 13.0. The lowest BCUT2D eigenvalue weighted by atomic mass is 10.1. The monoisotopic (exact) mass is 368 g/mol. The molecule has 0 bridgehead atoms. The molecule has 26 heavy (non-hydrogen) atoms. The number of hydrogen-bond acceptors (Lipinski definition) is 4. The van der Waals surface area contributed by atoms with Gasteiger partial charge in [-0.25, -0.2) is 0 Å². The number of anilines is 1. The summed E-state index contributed by atoms with van der Waals surface area (Å²) in [6.45, 7) is 0.632. The van der Waals surface area contributed by atoms with E-state index in [4.69, 9.17) is 15.2 Å². The average molecular weight is 368 g/mol. The third kappa shape index (κ3) is 5.47. The third-order valence-electron chi connectivity index (χ3n) is 3.47. The lowest BCUT2D eigenvalue weighted by molar-refractivity contribution is -0.137. The molecule has 0 atom stereocenters. The first-order valence-electron chi connectivity index (χ1n) is 7.78. The highest BCUT2D eigenvalue weighted by Gasteiger charge is 2.31. The number of nitrogens with two attached hydrogens (primary N) is 1. The standard InChI is InChI=1S/C18H19F3N2O3/c1-25-5-6-26-16-4-2-3-13(9-16)17(24)23-15-8-12(11-22)7-14(10-15)18(19,20)21/h2-4,7-10H,5-6,11,22H2,1H3,(H,23,24). The lowest BCUT2D eigenvalue weighted by Gasteiger charge is -2.13. The van der Waals surface area contributed by atoms with Crippen molar-refractivity contribution < 1.29 is 27.4 Å². The van der Waals surface area contributed by atoms with E-state index in [1.807, 2.05) is 0 Å². The number of methoxy groups -OCH3 is 1. The molecule has 140 valence electrons. The number of rotatable bonds is 7. The minimum atomic E-state index is -4.53. The van der Waals surface area contributed by atoms with Gasteiger partial charge >= 0.3 is 6.18 Å². The van der Waals surface area contributed by atoms with E-state index in [2.05, 4.69) is 5.32 Å². The Bertz CT molecular complexity index is 764. The number of ether oxygens (including phenoxy) is 2. The first-order valence-corrected chi connectivity index (χ1v) is 7.78. The van der Waals surface area contributed by atoms with Crippen molar-refractivity contribution in [2.75, 3.05) is 25.6 Å². The quantitative estimate of drug-likeness (QED) is 0.735. The van der Waals surface area contributed by atoms with Crippen molar-refractivity contribution in [3.63, 3.8) is 0 Å². The van der Waals surface area contributed by atoms with Crippen LogP contribution in [0.4, 0.5) is 18.9 Å². The lowest BCUT2D eigenvalue weighted by Crippen LogP contribution is -2.14. The molecule has 0 fully saturated rings. The minimum Gasteiger partial charge on any atom is -0.491 e. The summed E-state index contributed by atoms with van der Waals surface area (Å²) in [7, 11) is 1.54. The Morgan fingerprint density at radius 1 is 1.15 bits per heavy atom. The molecular formula is C18H19F3N2O3. The fraction of sp³-hybridized carbons (Fsp3) is 0.278. The molecule has 0 aliphatic heterocycles. The largest absolute Gasteiger partial charge is 0.491 e. The van der Waals surface area contributed by atoms with E-state index < -0.39 is 17.6 Å². The van der Waals surface area contributed by atoms with Crippen molar-refractivity contribution in [3.05, 3.63) is 59.2 Å². The number of carbonyl (C=O) groups excluding carboxylic acids is 1. The first kappa shape index (κ1) is 19.7. The number of halogens is 3. The van der Waals surface area contributed by atoms with Gasteiger partial charge in [-0.3, -0.25) is 4.79 Å². The highest BCUT2D eigenvalue weighted by Crippen LogP contribution is 2.32. The topological polar surface area (TPSA) is 73.6 Å². The zero-order chi connectivity index (χ0) is 19.2. The van der Waals surface area contributed by atoms with Crippen molar-refractivity contribution in [2.24, 2.45) is 5.73 Å². The summed E-state index contributed by atoms with van der Waals surface area (Å²) in [5, 5.41) is 2.47. The van der Waals surface area contributed by atoms with Gasteiger partial charge in [-0.2, -0.15) is 13.2 Å². The summed E-state index contributed by atoms with van der Waals surface area (Å²) in [5.41, 5.74) is 5.13. The van der Waals surface area contributed by atoms with Crippen molar-refractivity contribution >= 4 is 11.6 Å². The van der Waals surface area contributed by atoms with Gasteiger partial charge in [0.05, 0.1) is 12.2 Å². The fourth-order valence-corrected chi connectivity index (χ4v) is 2.22. The maximum absolute atomic E-state index is 13.0. The predicted molar refractivity (Wildman–Crippen MR) is 91.1 cm³/mol. The van der Waals surface area contributed by atoms with E-state index >= 15 is 0 Å². The van der Waals surface area contributed by atoms with Crippen LogP contribution in [0.3, 0.4) is 0 Å². The van der Waals surface area contributed by atoms with Gasteiger partial charge in [0.2, 0.25) is 0 Å². The van der Waals surface area contributed by atoms with Gasteiger partial charge in [-0.1, -0.05) is 6.07 Å². The highest BCUT2D eigenvalue weighted by atomic mass is 19.4. The molecule has 0 aliphatic carbocycles. The second-order valence-corrected chi connectivity index (χ2v) is 5.44. The highest BCUT2D eigenvalue weighted by molar-refractivity contribution is 6.04. The van der Waals surface area contributed by atoms with Crippen molar-refractivity contribution in [3.8, 4) is 5.75 Å². The van der Waals surface area contributed by atoms with Gasteiger partial charge in [-0.05, 0) is 42.0 Å². The van der Waals surface area contributed by atoms with Crippen LogP contribution >= 0.6 is 0 Å². The van der Waals surface area contributed by atoms with Crippen LogP contribution in [0.15, 0.2) is 42.5 Å². The molecule has 0 spiro atoms. The van der Waals surface area contributed by atoms with Gasteiger partial charge < -0.3 is 20.5 Å². The van der Waals surface area contributed by atoms with Gasteiger partial charge in [0.25, 0.3) is 5.91 Å². The molecule has 5 nitrogen and oxygen atoms in total. The van der Waals surface area contributed by atoms with Crippen LogP contribution in [0.5, 0.6) is 5.75 Å². The maximum Gasteiger partial charge on any atom is 0.416 e. The number of carbonyl (C=O) groups is 1. The number of hydrogen-bond donors (Lipinski definition) is 2. The number of amides is 1. The van der Waals surface area contributed by atoms with Gasteiger partial charge in [0.1, 0.15) is 12.4 Å². The molecule has 0 heterocycles. The van der Waals surface area contributed by atoms with Crippen LogP contribution in [0, 0.1) is 0 Å². The Hall–Kier alpha value is -2.58. The second kappa shape index (κ2) is 8.68. The predicted octanol–water partition coefficient (Wildman–Crippen LogP) is 3.44. The summed E-state index contributed by atoms with van der Waals surface area (Å²) < 4.78 is 49.2. The summed E-state index contributed by atoms with van der Waals surface area (Å²) in [6, 6.07) is 9.57. The summed E-state index contributed by atoms with van der Waals surface area (Å²) in [6.07, 6.45) is -4.53. The van der Waals surface area contributed by atoms with Gasteiger partial charge in [-0.15, -0.1) is 0 Å². The van der Waals surface area contributed by atoms with E-state index in [-0.39, 0.29) is 23.4 Å². The molecule has 2 aromatic carbocycles. The SMILES string of the molecule is COCCOc1cccc(C(=O)Nc2cc(CN)cc(C(F)(F)F)c2)c1. The number of nitrogens with one attached hydrogen (secondary N) is 1. The normalized spacial score (nSPS) is 11.3. The molecule has 0 aliphatic rings. The zero-order valence-corrected chi connectivity index (χ0v) is 14.1. The van der Waals surface area contributed by atoms with Gasteiger partial charge in [0.15, 0.2) is 0 Å². The first-order chi connectivity index (χ1) is 12.3. The Balaban J connectivity index is 2.18. The van der Waals surface area contributed by atoms with E-state index in [1.54, 1.807) is 12.1 Å². The van der Waals surface area contributed by atoms with Crippen molar-refractivity contribution in [1.29, 1.82) is 0 Å². The number of benzene rings is 2. The molecule has 0 aromatic heterocycles. The van der Waals surface area contributed by atoms with E-state index in [0.29, 0.717) is 19.0 Å². The van der Waals surface area contributed by atoms with E-state index in [9.17, 15) is 18.0 Å². The molecule has 0 unspecified atom stereocenters. The molecule has 2 aromatic rings. The molecule has 1 amide bonds. The van der Waals surface area contributed by atoms with Crippen molar-refractivity contribution in [2.45, 2.75) is 12.7 Å². The molecule has 0 radical (unpaired) electrons. The van der Waals surface area contributed by atoms with E-state index in [0.717, 1.165) is 12.1 Å². The smallest absolute Gasteiger partial charge is 0.416 e. The Kier molecular flexibility index (Phi) is 6.59. The molecular weight excluding hydrogens is 349 g/mol. The summed E-state index contributed by atoms with van der Waals surface area (Å²) in [5.74, 6) is -0.0918. The summed E-state index contributed by atoms with van der Waals surface area (Å²) in [4.78, 5) is 12.4. The van der Waals surface area contributed by atoms with Crippen LogP contribution in [0.25, 0.3) is 0 Å². The second-order valence-electron chi connectivity index (χ2n) is 5.44. The van der Waals surface area contributed by atoms with Crippen LogP contribution in [-0.2, 0) is 17.5 Å². The van der Waals surface area contributed by atoms with Gasteiger partial charge in [0, 0.05) is 24.9 Å². The molecule has 8 heteroatoms. The molecule has 2 rings (SSSR count). The van der Waals surface area contributed by atoms with Crippen molar-refractivity contribution in [1.82, 2.24) is 0 Å². The Morgan fingerprint density at radius 3 is 2.58 bits per heavy atom.